The molecule has 1 heterocycles. The highest BCUT2D eigenvalue weighted by molar-refractivity contribution is 6.19. The van der Waals surface area contributed by atoms with Gasteiger partial charge in [-0.3, -0.25) is 14.5 Å². The first-order valence-corrected chi connectivity index (χ1v) is 11.6. The third kappa shape index (κ3) is 5.37. The Kier molecular flexibility index (Phi) is 7.62. The molecule has 4 rings (SSSR count). The summed E-state index contributed by atoms with van der Waals surface area (Å²) in [5, 5.41) is 9.65. The van der Waals surface area contributed by atoms with Gasteiger partial charge in [-0.05, 0) is 53.8 Å². The van der Waals surface area contributed by atoms with Crippen LogP contribution in [-0.4, -0.2) is 30.4 Å². The van der Waals surface area contributed by atoms with Gasteiger partial charge in [-0.2, -0.15) is 5.26 Å². The van der Waals surface area contributed by atoms with Crippen LogP contribution in [0.3, 0.4) is 0 Å². The largest absolute Gasteiger partial charge is 0.493 e. The monoisotopic (exact) mass is 478 g/mol. The second kappa shape index (κ2) is 11.2. The maximum atomic E-state index is 13.4. The Hall–Kier alpha value is -4.63. The standard InChI is InChI=1S/C30H26N2O4/c1-21-25(29(33)32(30(34)26(21)19-31)16-15-22-9-5-3-6-10-22)17-24-13-14-27(28(18-24)35-2)36-20-23-11-7-4-8-12-23/h3-14,17-18H,15-16,20H2,1-2H3/b25-17+. The fraction of sp³-hybridized carbons (Fsp3) is 0.167. The Morgan fingerprint density at radius 3 is 2.19 bits per heavy atom. The van der Waals surface area contributed by atoms with Gasteiger partial charge in [-0.1, -0.05) is 66.7 Å². The highest BCUT2D eigenvalue weighted by Crippen LogP contribution is 2.32. The lowest BCUT2D eigenvalue weighted by Crippen LogP contribution is -2.43. The number of amides is 2. The van der Waals surface area contributed by atoms with Crippen LogP contribution < -0.4 is 9.47 Å². The third-order valence-electron chi connectivity index (χ3n) is 6.03. The van der Waals surface area contributed by atoms with E-state index in [-0.39, 0.29) is 12.1 Å². The average Bonchev–Trinajstić information content (AvgIpc) is 2.91. The molecule has 0 unspecified atom stereocenters. The van der Waals surface area contributed by atoms with Crippen molar-refractivity contribution in [2.24, 2.45) is 0 Å². The number of carbonyl (C=O) groups is 2. The fourth-order valence-electron chi connectivity index (χ4n) is 4.01. The van der Waals surface area contributed by atoms with Gasteiger partial charge < -0.3 is 9.47 Å². The lowest BCUT2D eigenvalue weighted by Gasteiger charge is -2.27. The van der Waals surface area contributed by atoms with Gasteiger partial charge in [-0.15, -0.1) is 0 Å². The normalized spacial score (nSPS) is 14.7. The van der Waals surface area contributed by atoms with Gasteiger partial charge in [0.2, 0.25) is 0 Å². The maximum absolute atomic E-state index is 13.4. The molecule has 0 saturated heterocycles. The lowest BCUT2D eigenvalue weighted by molar-refractivity contribution is -0.140. The molecule has 0 saturated carbocycles. The Balaban J connectivity index is 1.60. The highest BCUT2D eigenvalue weighted by Gasteiger charge is 2.35. The van der Waals surface area contributed by atoms with Crippen molar-refractivity contribution in [1.29, 1.82) is 5.26 Å². The molecule has 1 aliphatic rings. The molecule has 0 atom stereocenters. The van der Waals surface area contributed by atoms with Crippen LogP contribution in [-0.2, 0) is 22.6 Å². The molecule has 0 fully saturated rings. The van der Waals surface area contributed by atoms with Crippen molar-refractivity contribution in [3.8, 4) is 17.6 Å². The molecule has 1 aliphatic heterocycles. The fourth-order valence-corrected chi connectivity index (χ4v) is 4.01. The quantitative estimate of drug-likeness (QED) is 0.332. The summed E-state index contributed by atoms with van der Waals surface area (Å²) >= 11 is 0. The number of ether oxygens (including phenoxy) is 2. The van der Waals surface area contributed by atoms with E-state index in [9.17, 15) is 14.9 Å². The first-order valence-electron chi connectivity index (χ1n) is 11.6. The first-order chi connectivity index (χ1) is 17.5. The number of imide groups is 1. The molecule has 36 heavy (non-hydrogen) atoms. The molecule has 0 aromatic heterocycles. The predicted molar refractivity (Wildman–Crippen MR) is 137 cm³/mol. The van der Waals surface area contributed by atoms with Gasteiger partial charge in [0.25, 0.3) is 11.8 Å². The minimum Gasteiger partial charge on any atom is -0.493 e. The van der Waals surface area contributed by atoms with E-state index in [0.29, 0.717) is 41.2 Å². The van der Waals surface area contributed by atoms with Gasteiger partial charge >= 0.3 is 0 Å². The summed E-state index contributed by atoms with van der Waals surface area (Å²) in [4.78, 5) is 27.4. The molecule has 0 spiro atoms. The number of carbonyl (C=O) groups excluding carboxylic acids is 2. The topological polar surface area (TPSA) is 79.6 Å². The molecule has 0 radical (unpaired) electrons. The number of rotatable bonds is 8. The number of nitrogens with zero attached hydrogens (tertiary/aromatic N) is 2. The van der Waals surface area contributed by atoms with Gasteiger partial charge in [0.1, 0.15) is 18.2 Å². The van der Waals surface area contributed by atoms with Crippen LogP contribution in [0.15, 0.2) is 95.6 Å². The summed E-state index contributed by atoms with van der Waals surface area (Å²) in [5.41, 5.74) is 3.37. The molecular weight excluding hydrogens is 452 g/mol. The van der Waals surface area contributed by atoms with Gasteiger partial charge in [-0.25, -0.2) is 0 Å². The van der Waals surface area contributed by atoms with Crippen LogP contribution in [0.2, 0.25) is 0 Å². The Bertz CT molecular complexity index is 1370. The number of benzene rings is 3. The summed E-state index contributed by atoms with van der Waals surface area (Å²) in [5.74, 6) is 0.108. The molecule has 6 nitrogen and oxygen atoms in total. The Morgan fingerprint density at radius 1 is 0.889 bits per heavy atom. The van der Waals surface area contributed by atoms with E-state index in [4.69, 9.17) is 9.47 Å². The van der Waals surface area contributed by atoms with Crippen molar-refractivity contribution < 1.29 is 19.1 Å². The van der Waals surface area contributed by atoms with E-state index in [1.54, 1.807) is 32.2 Å². The van der Waals surface area contributed by atoms with Crippen LogP contribution in [0, 0.1) is 11.3 Å². The van der Waals surface area contributed by atoms with Crippen molar-refractivity contribution in [3.05, 3.63) is 112 Å². The molecule has 180 valence electrons. The van der Waals surface area contributed by atoms with Crippen LogP contribution in [0.1, 0.15) is 23.6 Å². The number of nitriles is 1. The number of hydrogen-bond donors (Lipinski definition) is 0. The Labute approximate surface area is 210 Å². The number of hydrogen-bond acceptors (Lipinski definition) is 5. The van der Waals surface area contributed by atoms with E-state index in [0.717, 1.165) is 16.0 Å². The van der Waals surface area contributed by atoms with Crippen molar-refractivity contribution in [2.45, 2.75) is 20.0 Å². The summed E-state index contributed by atoms with van der Waals surface area (Å²) < 4.78 is 11.4. The molecule has 0 N–H and O–H groups in total. The molecule has 6 heteroatoms. The van der Waals surface area contributed by atoms with Crippen molar-refractivity contribution in [1.82, 2.24) is 4.90 Å². The van der Waals surface area contributed by atoms with Crippen LogP contribution in [0.4, 0.5) is 0 Å². The summed E-state index contributed by atoms with van der Waals surface area (Å²) in [7, 11) is 1.55. The predicted octanol–water partition coefficient (Wildman–Crippen LogP) is 5.11. The zero-order valence-electron chi connectivity index (χ0n) is 20.2. The summed E-state index contributed by atoms with van der Waals surface area (Å²) in [6.45, 7) is 2.21. The number of methoxy groups -OCH3 is 1. The van der Waals surface area contributed by atoms with Crippen LogP contribution in [0.25, 0.3) is 6.08 Å². The SMILES string of the molecule is COc1cc(/C=C2/C(=O)N(CCc3ccccc3)C(=O)C(C#N)=C2C)ccc1OCc1ccccc1. The van der Waals surface area contributed by atoms with Gasteiger partial charge in [0.15, 0.2) is 11.5 Å². The van der Waals surface area contributed by atoms with Crippen LogP contribution >= 0.6 is 0 Å². The minimum absolute atomic E-state index is 0.0244. The molecular formula is C30H26N2O4. The van der Waals surface area contributed by atoms with Gasteiger partial charge in [0, 0.05) is 12.1 Å². The molecule has 2 amide bonds. The van der Waals surface area contributed by atoms with E-state index in [1.807, 2.05) is 72.8 Å². The Morgan fingerprint density at radius 2 is 1.56 bits per heavy atom. The zero-order chi connectivity index (χ0) is 25.5. The third-order valence-corrected chi connectivity index (χ3v) is 6.03. The van der Waals surface area contributed by atoms with Crippen molar-refractivity contribution in [2.75, 3.05) is 13.7 Å². The van der Waals surface area contributed by atoms with Crippen molar-refractivity contribution in [3.63, 3.8) is 0 Å². The second-order valence-corrected chi connectivity index (χ2v) is 8.35. The smallest absolute Gasteiger partial charge is 0.271 e. The van der Waals surface area contributed by atoms with Gasteiger partial charge in [0.05, 0.1) is 7.11 Å². The van der Waals surface area contributed by atoms with E-state index >= 15 is 0 Å². The summed E-state index contributed by atoms with van der Waals surface area (Å²) in [6, 6.07) is 26.8. The summed E-state index contributed by atoms with van der Waals surface area (Å²) in [6.07, 6.45) is 2.19. The zero-order valence-corrected chi connectivity index (χ0v) is 20.2. The highest BCUT2D eigenvalue weighted by atomic mass is 16.5. The maximum Gasteiger partial charge on any atom is 0.271 e. The second-order valence-electron chi connectivity index (χ2n) is 8.35. The van der Waals surface area contributed by atoms with Crippen molar-refractivity contribution >= 4 is 17.9 Å². The lowest BCUT2D eigenvalue weighted by atomic mass is 9.93. The average molecular weight is 479 g/mol. The van der Waals surface area contributed by atoms with E-state index < -0.39 is 11.8 Å². The molecule has 0 bridgehead atoms. The minimum atomic E-state index is -0.560. The first kappa shape index (κ1) is 24.5. The molecule has 0 aliphatic carbocycles. The van der Waals surface area contributed by atoms with Crippen LogP contribution in [0.5, 0.6) is 11.5 Å². The van der Waals surface area contributed by atoms with E-state index in [2.05, 4.69) is 0 Å². The van der Waals surface area contributed by atoms with E-state index in [1.165, 1.54) is 0 Å². The molecule has 3 aromatic rings. The molecule has 3 aromatic carbocycles.